The summed E-state index contributed by atoms with van der Waals surface area (Å²) in [5.74, 6) is -1.50. The second-order valence-corrected chi connectivity index (χ2v) is 8.86. The summed E-state index contributed by atoms with van der Waals surface area (Å²) in [6.45, 7) is 11.5. The minimum absolute atomic E-state index is 0.0275. The number of esters is 1. The first-order valence-electron chi connectivity index (χ1n) is 8.91. The van der Waals surface area contributed by atoms with Crippen molar-refractivity contribution < 1.29 is 33.5 Å². The van der Waals surface area contributed by atoms with Crippen molar-refractivity contribution in [3.63, 3.8) is 0 Å². The second kappa shape index (κ2) is 8.49. The van der Waals surface area contributed by atoms with Crippen LogP contribution >= 0.6 is 0 Å². The van der Waals surface area contributed by atoms with E-state index in [1.54, 1.807) is 41.5 Å². The third-order valence-electron chi connectivity index (χ3n) is 3.55. The van der Waals surface area contributed by atoms with Gasteiger partial charge < -0.3 is 24.8 Å². The molecule has 0 saturated carbocycles. The molecule has 1 amide bonds. The van der Waals surface area contributed by atoms with Gasteiger partial charge in [-0.05, 0) is 65.6 Å². The lowest BCUT2D eigenvalue weighted by atomic mass is 9.79. The van der Waals surface area contributed by atoms with Crippen molar-refractivity contribution in [1.82, 2.24) is 5.32 Å². The number of rotatable bonds is 5. The molecule has 0 saturated heterocycles. The van der Waals surface area contributed by atoms with Gasteiger partial charge in [-0.1, -0.05) is 12.1 Å². The topological polar surface area (TPSA) is 105 Å². The summed E-state index contributed by atoms with van der Waals surface area (Å²) in [6.07, 6.45) is -1.07. The predicted molar refractivity (Wildman–Crippen MR) is 104 cm³/mol. The minimum atomic E-state index is -1.82. The molecule has 9 heteroatoms. The number of hydrogen-bond acceptors (Lipinski definition) is 6. The normalized spacial score (nSPS) is 14.1. The Balaban J connectivity index is 3.20. The Morgan fingerprint density at radius 1 is 1.04 bits per heavy atom. The SMILES string of the molecule is CC(C)(C)OC(=O)NC(C)(Cc1ccc(B(O)O)cc1F)C(=O)OC(C)(C)C. The van der Waals surface area contributed by atoms with E-state index < -0.39 is 41.7 Å². The highest BCUT2D eigenvalue weighted by atomic mass is 19.1. The molecule has 3 N–H and O–H groups in total. The fourth-order valence-corrected chi connectivity index (χ4v) is 2.34. The Morgan fingerprint density at radius 3 is 2.00 bits per heavy atom. The Morgan fingerprint density at radius 2 is 1.57 bits per heavy atom. The zero-order chi connectivity index (χ0) is 21.9. The van der Waals surface area contributed by atoms with Crippen molar-refractivity contribution in [1.29, 1.82) is 0 Å². The van der Waals surface area contributed by atoms with Crippen LogP contribution in [0.2, 0.25) is 0 Å². The third-order valence-corrected chi connectivity index (χ3v) is 3.55. The number of ether oxygens (including phenoxy) is 2. The van der Waals surface area contributed by atoms with Crippen molar-refractivity contribution in [2.24, 2.45) is 0 Å². The highest BCUT2D eigenvalue weighted by Gasteiger charge is 2.40. The van der Waals surface area contributed by atoms with E-state index in [1.807, 2.05) is 0 Å². The van der Waals surface area contributed by atoms with Crippen LogP contribution in [-0.2, 0) is 20.7 Å². The molecule has 0 aliphatic carbocycles. The monoisotopic (exact) mass is 397 g/mol. The summed E-state index contributed by atoms with van der Waals surface area (Å²) in [7, 11) is -1.82. The molecule has 0 spiro atoms. The third kappa shape index (κ3) is 7.48. The first-order chi connectivity index (χ1) is 12.5. The zero-order valence-corrected chi connectivity index (χ0v) is 17.4. The molecule has 1 rings (SSSR count). The lowest BCUT2D eigenvalue weighted by Crippen LogP contribution is -2.56. The van der Waals surface area contributed by atoms with Gasteiger partial charge >= 0.3 is 19.2 Å². The maximum Gasteiger partial charge on any atom is 0.488 e. The van der Waals surface area contributed by atoms with Gasteiger partial charge in [0.15, 0.2) is 0 Å². The number of halogens is 1. The van der Waals surface area contributed by atoms with Crippen molar-refractivity contribution in [3.8, 4) is 0 Å². The predicted octanol–water partition coefficient (Wildman–Crippen LogP) is 1.67. The maximum absolute atomic E-state index is 14.4. The van der Waals surface area contributed by atoms with Crippen LogP contribution < -0.4 is 10.8 Å². The number of carbonyl (C=O) groups excluding carboxylic acids is 2. The van der Waals surface area contributed by atoms with Crippen LogP contribution in [-0.4, -0.2) is 46.0 Å². The van der Waals surface area contributed by atoms with E-state index in [0.717, 1.165) is 6.07 Å². The van der Waals surface area contributed by atoms with Crippen LogP contribution in [0.3, 0.4) is 0 Å². The molecular weight excluding hydrogens is 368 g/mol. The highest BCUT2D eigenvalue weighted by molar-refractivity contribution is 6.58. The number of amides is 1. The molecule has 0 fully saturated rings. The molecule has 1 aromatic rings. The average Bonchev–Trinajstić information content (AvgIpc) is 2.45. The number of carbonyl (C=O) groups is 2. The first-order valence-corrected chi connectivity index (χ1v) is 8.91. The van der Waals surface area contributed by atoms with Gasteiger partial charge in [-0.25, -0.2) is 14.0 Å². The molecule has 0 radical (unpaired) electrons. The van der Waals surface area contributed by atoms with Crippen LogP contribution in [0.5, 0.6) is 0 Å². The highest BCUT2D eigenvalue weighted by Crippen LogP contribution is 2.22. The number of hydrogen-bond donors (Lipinski definition) is 3. The van der Waals surface area contributed by atoms with Crippen molar-refractivity contribution in [3.05, 3.63) is 29.6 Å². The van der Waals surface area contributed by atoms with Crippen molar-refractivity contribution in [2.45, 2.75) is 71.6 Å². The summed E-state index contributed by atoms with van der Waals surface area (Å²) >= 11 is 0. The zero-order valence-electron chi connectivity index (χ0n) is 17.4. The lowest BCUT2D eigenvalue weighted by molar-refractivity contribution is -0.162. The fourth-order valence-electron chi connectivity index (χ4n) is 2.34. The fraction of sp³-hybridized carbons (Fsp3) is 0.579. The summed E-state index contributed by atoms with van der Waals surface area (Å²) in [5, 5.41) is 20.8. The van der Waals surface area contributed by atoms with Crippen molar-refractivity contribution >= 4 is 24.6 Å². The second-order valence-electron chi connectivity index (χ2n) is 8.86. The summed E-state index contributed by atoms with van der Waals surface area (Å²) in [6, 6.07) is 3.61. The lowest BCUT2D eigenvalue weighted by Gasteiger charge is -2.33. The van der Waals surface area contributed by atoms with Gasteiger partial charge in [0.05, 0.1) is 0 Å². The molecule has 0 aliphatic rings. The average molecular weight is 397 g/mol. The van der Waals surface area contributed by atoms with E-state index in [2.05, 4.69) is 5.32 Å². The Bertz CT molecular complexity index is 726. The number of benzene rings is 1. The van der Waals surface area contributed by atoms with Gasteiger partial charge in [-0.3, -0.25) is 0 Å². The van der Waals surface area contributed by atoms with Gasteiger partial charge in [0, 0.05) is 6.42 Å². The van der Waals surface area contributed by atoms with E-state index in [0.29, 0.717) is 0 Å². The first kappa shape index (κ1) is 23.9. The van der Waals surface area contributed by atoms with Crippen LogP contribution in [0.25, 0.3) is 0 Å². The molecule has 1 aromatic carbocycles. The summed E-state index contributed by atoms with van der Waals surface area (Å²) in [4.78, 5) is 25.0. The molecule has 7 nitrogen and oxygen atoms in total. The molecule has 1 atom stereocenters. The molecule has 0 aromatic heterocycles. The van der Waals surface area contributed by atoms with Gasteiger partial charge in [0.2, 0.25) is 0 Å². The van der Waals surface area contributed by atoms with E-state index in [1.165, 1.54) is 19.1 Å². The van der Waals surface area contributed by atoms with Crippen LogP contribution in [0.15, 0.2) is 18.2 Å². The van der Waals surface area contributed by atoms with Gasteiger partial charge in [0.25, 0.3) is 0 Å². The number of nitrogens with one attached hydrogen (secondary N) is 1. The Hall–Kier alpha value is -2.13. The van der Waals surface area contributed by atoms with Crippen LogP contribution in [0.4, 0.5) is 9.18 Å². The molecule has 156 valence electrons. The quantitative estimate of drug-likeness (QED) is 0.516. The Kier molecular flexibility index (Phi) is 7.25. The van der Waals surface area contributed by atoms with Gasteiger partial charge in [-0.2, -0.15) is 0 Å². The maximum atomic E-state index is 14.4. The molecule has 0 bridgehead atoms. The number of alkyl carbamates (subject to hydrolysis) is 1. The van der Waals surface area contributed by atoms with Crippen molar-refractivity contribution in [2.75, 3.05) is 0 Å². The standard InChI is InChI=1S/C19H29BFNO6/c1-17(2,3)27-15(23)19(7,22-16(24)28-18(4,5)6)11-12-8-9-13(20(25)26)10-14(12)21/h8-10,25-26H,11H2,1-7H3,(H,22,24). The molecule has 0 heterocycles. The Labute approximate surface area is 165 Å². The van der Waals surface area contributed by atoms with E-state index in [4.69, 9.17) is 19.5 Å². The van der Waals surface area contributed by atoms with E-state index in [9.17, 15) is 14.0 Å². The minimum Gasteiger partial charge on any atom is -0.458 e. The molecule has 0 aliphatic heterocycles. The van der Waals surface area contributed by atoms with E-state index >= 15 is 0 Å². The van der Waals surface area contributed by atoms with Gasteiger partial charge in [-0.15, -0.1) is 0 Å². The molecule has 1 unspecified atom stereocenters. The summed E-state index contributed by atoms with van der Waals surface area (Å²) in [5.41, 5.74) is -3.16. The van der Waals surface area contributed by atoms with Gasteiger partial charge in [0.1, 0.15) is 22.6 Å². The largest absolute Gasteiger partial charge is 0.488 e. The molecule has 28 heavy (non-hydrogen) atoms. The molecular formula is C19H29BFNO6. The van der Waals surface area contributed by atoms with E-state index in [-0.39, 0.29) is 17.4 Å². The van der Waals surface area contributed by atoms with Crippen LogP contribution in [0, 0.1) is 5.82 Å². The van der Waals surface area contributed by atoms with Crippen LogP contribution in [0.1, 0.15) is 54.0 Å². The smallest absolute Gasteiger partial charge is 0.458 e. The summed E-state index contributed by atoms with van der Waals surface area (Å²) < 4.78 is 25.0.